The number of aromatic nitrogens is 3. The second-order valence-corrected chi connectivity index (χ2v) is 8.66. The number of ether oxygens (including phenoxy) is 3. The van der Waals surface area contributed by atoms with Crippen LogP contribution in [0.15, 0.2) is 30.5 Å². The first-order chi connectivity index (χ1) is 15.9. The van der Waals surface area contributed by atoms with Gasteiger partial charge in [-0.1, -0.05) is 0 Å². The lowest BCUT2D eigenvalue weighted by Gasteiger charge is -2.19. The first kappa shape index (κ1) is 21.2. The number of carbonyl (C=O) groups excluding carboxylic acids is 2. The quantitative estimate of drug-likeness (QED) is 0.575. The molecule has 33 heavy (non-hydrogen) atoms. The third-order valence-corrected chi connectivity index (χ3v) is 5.69. The van der Waals surface area contributed by atoms with E-state index in [4.69, 9.17) is 19.2 Å². The first-order valence-corrected chi connectivity index (χ1v) is 11.2. The van der Waals surface area contributed by atoms with E-state index in [1.165, 1.54) is 0 Å². The minimum absolute atomic E-state index is 0.0395. The zero-order valence-electron chi connectivity index (χ0n) is 18.8. The minimum atomic E-state index is -0.904. The van der Waals surface area contributed by atoms with Crippen LogP contribution in [0.2, 0.25) is 0 Å². The van der Waals surface area contributed by atoms with E-state index in [1.807, 2.05) is 32.0 Å². The van der Waals surface area contributed by atoms with Gasteiger partial charge in [-0.3, -0.25) is 4.79 Å². The molecule has 1 aromatic carbocycles. The van der Waals surface area contributed by atoms with Crippen molar-refractivity contribution in [1.82, 2.24) is 20.1 Å². The Kier molecular flexibility index (Phi) is 5.39. The van der Waals surface area contributed by atoms with Gasteiger partial charge in [0.2, 0.25) is 0 Å². The van der Waals surface area contributed by atoms with Gasteiger partial charge in [0.25, 0.3) is 5.91 Å². The predicted molar refractivity (Wildman–Crippen MR) is 120 cm³/mol. The summed E-state index contributed by atoms with van der Waals surface area (Å²) in [7, 11) is 0. The molecular formula is C24H26N4O5. The Labute approximate surface area is 191 Å². The molecule has 0 spiro atoms. The first-order valence-electron chi connectivity index (χ1n) is 11.2. The maximum Gasteiger partial charge on any atom is 0.339 e. The van der Waals surface area contributed by atoms with E-state index in [-0.39, 0.29) is 18.0 Å². The largest absolute Gasteiger partial charge is 0.486 e. The van der Waals surface area contributed by atoms with Gasteiger partial charge in [-0.15, -0.1) is 0 Å². The number of carbonyl (C=O) groups is 2. The Hall–Kier alpha value is -3.62. The van der Waals surface area contributed by atoms with Crippen LogP contribution in [0.25, 0.3) is 22.3 Å². The fourth-order valence-electron chi connectivity index (χ4n) is 3.74. The molecule has 3 heterocycles. The molecule has 1 fully saturated rings. The van der Waals surface area contributed by atoms with E-state index in [9.17, 15) is 9.59 Å². The van der Waals surface area contributed by atoms with Crippen molar-refractivity contribution in [2.24, 2.45) is 0 Å². The summed E-state index contributed by atoms with van der Waals surface area (Å²) in [4.78, 5) is 30.3. The summed E-state index contributed by atoms with van der Waals surface area (Å²) < 4.78 is 18.6. The predicted octanol–water partition coefficient (Wildman–Crippen LogP) is 3.27. The van der Waals surface area contributed by atoms with Crippen molar-refractivity contribution in [3.8, 4) is 22.8 Å². The number of amides is 1. The highest BCUT2D eigenvalue weighted by Gasteiger charge is 2.28. The molecule has 1 unspecified atom stereocenters. The molecular weight excluding hydrogens is 424 g/mol. The summed E-state index contributed by atoms with van der Waals surface area (Å²) in [6, 6.07) is 7.46. The van der Waals surface area contributed by atoms with Crippen LogP contribution in [0.5, 0.6) is 11.5 Å². The third kappa shape index (κ3) is 4.22. The molecule has 1 aliphatic heterocycles. The van der Waals surface area contributed by atoms with Crippen LogP contribution < -0.4 is 14.8 Å². The standard InChI is InChI=1S/C24H26N4O5/c1-13(2)28-22-18(12-25-28)17(24(30)33-14(3)23(29)26-16-5-6-16)11-19(27-22)15-4-7-20-21(10-15)32-9-8-31-20/h4,7,10-14,16H,5-6,8-9H2,1-3H3,(H,26,29). The maximum atomic E-state index is 13.2. The minimum Gasteiger partial charge on any atom is -0.486 e. The van der Waals surface area contributed by atoms with Crippen LogP contribution in [0.3, 0.4) is 0 Å². The van der Waals surface area contributed by atoms with Gasteiger partial charge in [-0.25, -0.2) is 14.5 Å². The van der Waals surface area contributed by atoms with Crippen LogP contribution in [0.4, 0.5) is 0 Å². The molecule has 0 bridgehead atoms. The molecule has 1 amide bonds. The number of fused-ring (bicyclic) bond motifs is 2. The van der Waals surface area contributed by atoms with Gasteiger partial charge in [-0.2, -0.15) is 5.10 Å². The Morgan fingerprint density at radius 3 is 2.61 bits per heavy atom. The average molecular weight is 450 g/mol. The van der Waals surface area contributed by atoms with Gasteiger partial charge in [0.15, 0.2) is 23.3 Å². The average Bonchev–Trinajstić information content (AvgIpc) is 3.52. The molecule has 5 rings (SSSR count). The number of hydrogen-bond donors (Lipinski definition) is 1. The van der Waals surface area contributed by atoms with Gasteiger partial charge in [0, 0.05) is 17.6 Å². The van der Waals surface area contributed by atoms with Crippen LogP contribution in [0, 0.1) is 0 Å². The Balaban J connectivity index is 1.53. The molecule has 1 aliphatic carbocycles. The van der Waals surface area contributed by atoms with Crippen molar-refractivity contribution in [3.05, 3.63) is 36.0 Å². The molecule has 2 aliphatic rings. The van der Waals surface area contributed by atoms with E-state index in [2.05, 4.69) is 10.4 Å². The lowest BCUT2D eigenvalue weighted by atomic mass is 10.1. The number of benzene rings is 1. The van der Waals surface area contributed by atoms with Gasteiger partial charge in [0.05, 0.1) is 22.8 Å². The molecule has 9 heteroatoms. The molecule has 172 valence electrons. The van der Waals surface area contributed by atoms with E-state index in [0.717, 1.165) is 18.4 Å². The Morgan fingerprint density at radius 1 is 1.12 bits per heavy atom. The summed E-state index contributed by atoms with van der Waals surface area (Å²) in [5, 5.41) is 7.86. The zero-order chi connectivity index (χ0) is 23.1. The fourth-order valence-corrected chi connectivity index (χ4v) is 3.74. The van der Waals surface area contributed by atoms with Crippen LogP contribution in [-0.2, 0) is 9.53 Å². The van der Waals surface area contributed by atoms with Crippen molar-refractivity contribution < 1.29 is 23.8 Å². The number of hydrogen-bond acceptors (Lipinski definition) is 7. The van der Waals surface area contributed by atoms with Crippen molar-refractivity contribution in [1.29, 1.82) is 0 Å². The molecule has 1 N–H and O–H groups in total. The molecule has 0 saturated heterocycles. The normalized spacial score (nSPS) is 16.0. The number of rotatable bonds is 6. The Bertz CT molecular complexity index is 1230. The van der Waals surface area contributed by atoms with Crippen molar-refractivity contribution in [2.75, 3.05) is 13.2 Å². The topological polar surface area (TPSA) is 105 Å². The smallest absolute Gasteiger partial charge is 0.339 e. The van der Waals surface area contributed by atoms with E-state index >= 15 is 0 Å². The SMILES string of the molecule is CC(OC(=O)c1cc(-c2ccc3c(c2)OCCO3)nc2c1cnn2C(C)C)C(=O)NC1CC1. The molecule has 0 radical (unpaired) electrons. The highest BCUT2D eigenvalue weighted by molar-refractivity contribution is 6.04. The summed E-state index contributed by atoms with van der Waals surface area (Å²) >= 11 is 0. The lowest BCUT2D eigenvalue weighted by Crippen LogP contribution is -2.37. The second-order valence-electron chi connectivity index (χ2n) is 8.66. The maximum absolute atomic E-state index is 13.2. The van der Waals surface area contributed by atoms with Crippen LogP contribution >= 0.6 is 0 Å². The summed E-state index contributed by atoms with van der Waals surface area (Å²) in [6.45, 7) is 6.54. The van der Waals surface area contributed by atoms with Crippen LogP contribution in [-0.4, -0.2) is 52.0 Å². The van der Waals surface area contributed by atoms with Crippen molar-refractivity contribution >= 4 is 22.9 Å². The second kappa shape index (κ2) is 8.38. The number of pyridine rings is 1. The highest BCUT2D eigenvalue weighted by atomic mass is 16.6. The molecule has 2 aromatic heterocycles. The fraction of sp³-hybridized carbons (Fsp3) is 0.417. The molecule has 1 saturated carbocycles. The molecule has 1 atom stereocenters. The number of esters is 1. The van der Waals surface area contributed by atoms with Crippen molar-refractivity contribution in [2.45, 2.75) is 51.8 Å². The summed E-state index contributed by atoms with van der Waals surface area (Å²) in [5.41, 5.74) is 2.22. The monoisotopic (exact) mass is 450 g/mol. The lowest BCUT2D eigenvalue weighted by molar-refractivity contribution is -0.129. The molecule has 3 aromatic rings. The summed E-state index contributed by atoms with van der Waals surface area (Å²) in [6.07, 6.45) is 2.63. The van der Waals surface area contributed by atoms with Crippen molar-refractivity contribution in [3.63, 3.8) is 0 Å². The molecule has 9 nitrogen and oxygen atoms in total. The van der Waals surface area contributed by atoms with Crippen LogP contribution in [0.1, 0.15) is 50.0 Å². The van der Waals surface area contributed by atoms with Gasteiger partial charge < -0.3 is 19.5 Å². The highest BCUT2D eigenvalue weighted by Crippen LogP contribution is 2.35. The Morgan fingerprint density at radius 2 is 1.88 bits per heavy atom. The van der Waals surface area contributed by atoms with E-state index < -0.39 is 12.1 Å². The van der Waals surface area contributed by atoms with E-state index in [0.29, 0.717) is 47.0 Å². The zero-order valence-corrected chi connectivity index (χ0v) is 18.8. The number of nitrogens with one attached hydrogen (secondary N) is 1. The third-order valence-electron chi connectivity index (χ3n) is 5.69. The van der Waals surface area contributed by atoms with Gasteiger partial charge in [0.1, 0.15) is 13.2 Å². The van der Waals surface area contributed by atoms with Gasteiger partial charge in [-0.05, 0) is 57.9 Å². The van der Waals surface area contributed by atoms with E-state index in [1.54, 1.807) is 23.9 Å². The van der Waals surface area contributed by atoms with Gasteiger partial charge >= 0.3 is 5.97 Å². The summed E-state index contributed by atoms with van der Waals surface area (Å²) in [5.74, 6) is 0.421. The number of nitrogens with zero attached hydrogens (tertiary/aromatic N) is 3.